The van der Waals surface area contributed by atoms with Gasteiger partial charge in [0.15, 0.2) is 0 Å². The monoisotopic (exact) mass is 138 g/mol. The molecule has 0 aliphatic rings. The smallest absolute Gasteiger partial charge is 0.105 e. The molecule has 0 aliphatic carbocycles. The summed E-state index contributed by atoms with van der Waals surface area (Å²) in [5.74, 6) is 2.38. The van der Waals surface area contributed by atoms with E-state index in [4.69, 9.17) is 0 Å². The van der Waals surface area contributed by atoms with E-state index in [9.17, 15) is 0 Å². The van der Waals surface area contributed by atoms with Crippen LogP contribution in [0.4, 0.5) is 0 Å². The number of hydrogen-bond acceptors (Lipinski definition) is 0. The fourth-order valence-corrected chi connectivity index (χ4v) is 2.25. The number of rotatable bonds is 4. The van der Waals surface area contributed by atoms with Crippen LogP contribution in [-0.4, -0.2) is 14.1 Å². The Hall–Kier alpha value is 0.0125. The lowest BCUT2D eigenvalue weighted by atomic mass is 10.6. The van der Waals surface area contributed by atoms with Crippen molar-refractivity contribution < 1.29 is 0 Å². The van der Waals surface area contributed by atoms with Crippen LogP contribution in [0, 0.1) is 0 Å². The van der Waals surface area contributed by atoms with Gasteiger partial charge in [0.25, 0.3) is 14.1 Å². The molecule has 0 rings (SSSR count). The second kappa shape index (κ2) is 6.14. The Balaban J connectivity index is 3.25. The van der Waals surface area contributed by atoms with E-state index in [1.54, 1.807) is 0 Å². The Morgan fingerprint density at radius 1 is 1.44 bits per heavy atom. The Morgan fingerprint density at radius 2 is 2.11 bits per heavy atom. The molecule has 0 aromatic carbocycles. The Labute approximate surface area is 62.7 Å². The van der Waals surface area contributed by atoms with E-state index in [1.807, 2.05) is 6.08 Å². The summed E-state index contributed by atoms with van der Waals surface area (Å²) in [6, 6.07) is 0. The number of allylic oxidation sites excluding steroid dienone is 3. The van der Waals surface area contributed by atoms with Gasteiger partial charge in [-0.25, -0.2) is 0 Å². The molecule has 0 bridgehead atoms. The molecule has 0 aromatic rings. The van der Waals surface area contributed by atoms with Gasteiger partial charge >= 0.3 is 0 Å². The average Bonchev–Trinajstić information content (AvgIpc) is 1.85. The van der Waals surface area contributed by atoms with Crippen LogP contribution in [0.15, 0.2) is 24.8 Å². The average molecular weight is 138 g/mol. The van der Waals surface area contributed by atoms with E-state index < -0.39 is 14.1 Å². The molecular weight excluding hydrogens is 123 g/mol. The molecule has 50 valence electrons. The van der Waals surface area contributed by atoms with Gasteiger partial charge in [-0.3, -0.25) is 0 Å². The van der Waals surface area contributed by atoms with Crippen LogP contribution in [0.3, 0.4) is 0 Å². The summed E-state index contributed by atoms with van der Waals surface area (Å²) in [7, 11) is 0. The first-order valence-electron chi connectivity index (χ1n) is 3.53. The van der Waals surface area contributed by atoms with Crippen molar-refractivity contribution in [3.05, 3.63) is 24.8 Å². The van der Waals surface area contributed by atoms with Crippen LogP contribution in [0.25, 0.3) is 0 Å². The van der Waals surface area contributed by atoms with Gasteiger partial charge in [0.2, 0.25) is 0 Å². The van der Waals surface area contributed by atoms with Crippen molar-refractivity contribution in [1.29, 1.82) is 0 Å². The molecule has 0 amide bonds. The molecule has 0 nitrogen and oxygen atoms in total. The van der Waals surface area contributed by atoms with Gasteiger partial charge in [-0.1, -0.05) is 16.6 Å². The third kappa shape index (κ3) is 5.89. The van der Waals surface area contributed by atoms with E-state index in [0.717, 1.165) is 0 Å². The van der Waals surface area contributed by atoms with Gasteiger partial charge in [-0.15, -0.1) is 24.5 Å². The highest BCUT2D eigenvalue weighted by molar-refractivity contribution is 6.58. The maximum absolute atomic E-state index is 3.72. The molecule has 9 heavy (non-hydrogen) atoms. The molecule has 0 N–H and O–H groups in total. The summed E-state index contributed by atoms with van der Waals surface area (Å²) in [4.78, 5) is 0. The number of hydrogen-bond donors (Lipinski definition) is 0. The van der Waals surface area contributed by atoms with E-state index in [1.165, 1.54) is 10.6 Å². The lowest BCUT2D eigenvalue weighted by Crippen LogP contribution is -2.01. The minimum Gasteiger partial charge on any atom is -0.105 e. The van der Waals surface area contributed by atoms with Crippen molar-refractivity contribution in [1.82, 2.24) is 0 Å². The van der Waals surface area contributed by atoms with Gasteiger partial charge in [-0.05, 0) is 6.92 Å². The minimum absolute atomic E-state index is 0.425. The molecule has 1 heteroatoms. The van der Waals surface area contributed by atoms with Gasteiger partial charge in [0.05, 0.1) is 0 Å². The SMILES string of the molecule is C=C[CH2][Al]([CH3])[CH2]C=CC. The summed E-state index contributed by atoms with van der Waals surface area (Å²) in [5, 5.41) is 2.59. The van der Waals surface area contributed by atoms with Crippen LogP contribution in [0.2, 0.25) is 16.4 Å². The molecule has 0 radical (unpaired) electrons. The zero-order valence-corrected chi connectivity index (χ0v) is 7.59. The van der Waals surface area contributed by atoms with Crippen LogP contribution >= 0.6 is 0 Å². The predicted octanol–water partition coefficient (Wildman–Crippen LogP) is 2.87. The topological polar surface area (TPSA) is 0 Å². The third-order valence-corrected chi connectivity index (χ3v) is 3.56. The first-order valence-corrected chi connectivity index (χ1v) is 6.32. The summed E-state index contributed by atoms with van der Waals surface area (Å²) in [6.45, 7) is 5.80. The van der Waals surface area contributed by atoms with Crippen molar-refractivity contribution in [3.63, 3.8) is 0 Å². The Bertz CT molecular complexity index is 94.7. The van der Waals surface area contributed by atoms with Crippen LogP contribution < -0.4 is 0 Å². The molecular formula is C8H15Al. The normalized spacial score (nSPS) is 10.0. The Kier molecular flexibility index (Phi) is 6.15. The lowest BCUT2D eigenvalue weighted by Gasteiger charge is -1.94. The van der Waals surface area contributed by atoms with Gasteiger partial charge in [-0.2, -0.15) is 0 Å². The molecule has 0 aliphatic heterocycles. The zero-order valence-electron chi connectivity index (χ0n) is 6.43. The van der Waals surface area contributed by atoms with Crippen molar-refractivity contribution >= 4 is 14.1 Å². The standard InChI is InChI=1S/C4H7.C3H5.CH3.Al/c1-3-4-2;1-3-2;;/h3-4H,1H2,2H3;3H,1-2H2;1H3;. The second-order valence-corrected chi connectivity index (χ2v) is 5.59. The van der Waals surface area contributed by atoms with Crippen molar-refractivity contribution in [2.24, 2.45) is 0 Å². The van der Waals surface area contributed by atoms with E-state index in [0.29, 0.717) is 0 Å². The highest BCUT2D eigenvalue weighted by Crippen LogP contribution is 1.99. The molecule has 0 aromatic heterocycles. The molecule has 0 atom stereocenters. The highest BCUT2D eigenvalue weighted by Gasteiger charge is 2.02. The summed E-state index contributed by atoms with van der Waals surface area (Å²) < 4.78 is 0. The summed E-state index contributed by atoms with van der Waals surface area (Å²) in [5.41, 5.74) is 0. The van der Waals surface area contributed by atoms with Gasteiger partial charge in [0.1, 0.15) is 0 Å². The molecule has 0 heterocycles. The van der Waals surface area contributed by atoms with Crippen molar-refractivity contribution in [3.8, 4) is 0 Å². The fraction of sp³-hybridized carbons (Fsp3) is 0.500. The highest BCUT2D eigenvalue weighted by atomic mass is 27.2. The van der Waals surface area contributed by atoms with Crippen LogP contribution in [0.5, 0.6) is 0 Å². The molecule has 0 fully saturated rings. The maximum atomic E-state index is 3.72. The van der Waals surface area contributed by atoms with E-state index in [2.05, 4.69) is 31.4 Å². The minimum atomic E-state index is -0.425. The van der Waals surface area contributed by atoms with Crippen molar-refractivity contribution in [2.75, 3.05) is 0 Å². The van der Waals surface area contributed by atoms with Crippen LogP contribution in [-0.2, 0) is 0 Å². The zero-order chi connectivity index (χ0) is 7.11. The van der Waals surface area contributed by atoms with Crippen molar-refractivity contribution in [2.45, 2.75) is 23.3 Å². The van der Waals surface area contributed by atoms with E-state index in [-0.39, 0.29) is 0 Å². The molecule has 0 spiro atoms. The van der Waals surface area contributed by atoms with Crippen LogP contribution in [0.1, 0.15) is 6.92 Å². The van der Waals surface area contributed by atoms with E-state index >= 15 is 0 Å². The second-order valence-electron chi connectivity index (χ2n) is 2.43. The first-order chi connectivity index (χ1) is 4.31. The fourth-order valence-electron chi connectivity index (χ4n) is 0.749. The summed E-state index contributed by atoms with van der Waals surface area (Å²) >= 11 is -0.425. The molecule has 0 saturated carbocycles. The molecule has 0 saturated heterocycles. The Morgan fingerprint density at radius 3 is 2.56 bits per heavy atom. The molecule has 0 unspecified atom stereocenters. The van der Waals surface area contributed by atoms with Gasteiger partial charge in [0, 0.05) is 0 Å². The third-order valence-electron chi connectivity index (χ3n) is 1.34. The summed E-state index contributed by atoms with van der Waals surface area (Å²) in [6.07, 6.45) is 6.44. The maximum Gasteiger partial charge on any atom is 0.267 e. The predicted molar refractivity (Wildman–Crippen MR) is 46.2 cm³/mol. The first kappa shape index (κ1) is 9.01. The quantitative estimate of drug-likeness (QED) is 0.414. The van der Waals surface area contributed by atoms with Gasteiger partial charge < -0.3 is 0 Å². The largest absolute Gasteiger partial charge is 0.267 e. The lowest BCUT2D eigenvalue weighted by molar-refractivity contribution is 1.50.